The van der Waals surface area contributed by atoms with Crippen molar-refractivity contribution in [3.05, 3.63) is 54.1 Å². The fourth-order valence-electron chi connectivity index (χ4n) is 2.72. The number of anilines is 2. The van der Waals surface area contributed by atoms with Gasteiger partial charge in [-0.1, -0.05) is 18.9 Å². The van der Waals surface area contributed by atoms with Crippen LogP contribution < -0.4 is 10.6 Å². The molecule has 1 aromatic carbocycles. The quantitative estimate of drug-likeness (QED) is 0.902. The highest BCUT2D eigenvalue weighted by atomic mass is 19.1. The molecular weight excluding hydrogens is 281 g/mol. The van der Waals surface area contributed by atoms with E-state index in [9.17, 15) is 9.18 Å². The summed E-state index contributed by atoms with van der Waals surface area (Å²) in [5.41, 5.74) is 1.73. The summed E-state index contributed by atoms with van der Waals surface area (Å²) in [5.74, 6) is -0.680. The van der Waals surface area contributed by atoms with Crippen molar-refractivity contribution in [3.8, 4) is 0 Å². The summed E-state index contributed by atoms with van der Waals surface area (Å²) in [6.45, 7) is 0. The number of nitrogens with zero attached hydrogens (tertiary/aromatic N) is 1. The third-order valence-electron chi connectivity index (χ3n) is 3.81. The molecule has 1 amide bonds. The molecular formula is C17H18FN3O. The average molecular weight is 299 g/mol. The van der Waals surface area contributed by atoms with E-state index in [-0.39, 0.29) is 11.7 Å². The van der Waals surface area contributed by atoms with Crippen molar-refractivity contribution < 1.29 is 9.18 Å². The van der Waals surface area contributed by atoms with Crippen LogP contribution in [-0.2, 0) is 0 Å². The van der Waals surface area contributed by atoms with Crippen LogP contribution >= 0.6 is 0 Å². The normalized spacial score (nSPS) is 14.8. The molecule has 22 heavy (non-hydrogen) atoms. The molecule has 114 valence electrons. The number of halogens is 1. The van der Waals surface area contributed by atoms with Gasteiger partial charge in [-0.3, -0.25) is 9.78 Å². The lowest BCUT2D eigenvalue weighted by molar-refractivity contribution is 0.102. The maximum absolute atomic E-state index is 13.1. The molecule has 0 radical (unpaired) electrons. The number of carbonyl (C=O) groups excluding carboxylic acids is 1. The molecule has 0 aliphatic heterocycles. The Labute approximate surface area is 128 Å². The van der Waals surface area contributed by atoms with Gasteiger partial charge in [0.25, 0.3) is 5.91 Å². The van der Waals surface area contributed by atoms with Crippen LogP contribution in [0.3, 0.4) is 0 Å². The molecule has 0 atom stereocenters. The number of nitrogens with one attached hydrogen (secondary N) is 2. The van der Waals surface area contributed by atoms with Crippen LogP contribution in [0.1, 0.15) is 36.0 Å². The van der Waals surface area contributed by atoms with Crippen molar-refractivity contribution in [1.82, 2.24) is 4.98 Å². The fraction of sp³-hybridized carbons (Fsp3) is 0.294. The number of pyridine rings is 1. The number of rotatable bonds is 4. The van der Waals surface area contributed by atoms with Crippen molar-refractivity contribution in [2.45, 2.75) is 31.7 Å². The molecule has 1 aromatic heterocycles. The van der Waals surface area contributed by atoms with E-state index >= 15 is 0 Å². The maximum atomic E-state index is 13.1. The second kappa shape index (κ2) is 6.56. The van der Waals surface area contributed by atoms with E-state index in [1.165, 1.54) is 31.2 Å². The van der Waals surface area contributed by atoms with Crippen molar-refractivity contribution in [1.29, 1.82) is 0 Å². The molecule has 1 fully saturated rings. The minimum atomic E-state index is -0.382. The smallest absolute Gasteiger partial charge is 0.257 e. The summed E-state index contributed by atoms with van der Waals surface area (Å²) in [4.78, 5) is 16.3. The van der Waals surface area contributed by atoms with Gasteiger partial charge in [0, 0.05) is 24.1 Å². The minimum Gasteiger partial charge on any atom is -0.381 e. The minimum absolute atomic E-state index is 0.298. The summed E-state index contributed by atoms with van der Waals surface area (Å²) >= 11 is 0. The number of aromatic nitrogens is 1. The highest BCUT2D eigenvalue weighted by Crippen LogP contribution is 2.22. The molecule has 1 saturated carbocycles. The number of hydrogen-bond acceptors (Lipinski definition) is 3. The highest BCUT2D eigenvalue weighted by molar-refractivity contribution is 6.04. The second-order valence-electron chi connectivity index (χ2n) is 5.55. The Morgan fingerprint density at radius 1 is 1.14 bits per heavy atom. The van der Waals surface area contributed by atoms with E-state index in [0.29, 0.717) is 17.3 Å². The number of amides is 1. The summed E-state index contributed by atoms with van der Waals surface area (Å²) < 4.78 is 13.1. The summed E-state index contributed by atoms with van der Waals surface area (Å²) in [7, 11) is 0. The molecule has 0 bridgehead atoms. The van der Waals surface area contributed by atoms with Crippen LogP contribution in [0.4, 0.5) is 15.8 Å². The van der Waals surface area contributed by atoms with Gasteiger partial charge < -0.3 is 10.6 Å². The van der Waals surface area contributed by atoms with E-state index in [4.69, 9.17) is 0 Å². The third kappa shape index (κ3) is 3.61. The predicted octanol–water partition coefficient (Wildman–Crippen LogP) is 3.83. The first-order chi connectivity index (χ1) is 10.7. The van der Waals surface area contributed by atoms with Crippen molar-refractivity contribution in [2.75, 3.05) is 10.6 Å². The van der Waals surface area contributed by atoms with E-state index in [1.54, 1.807) is 24.4 Å². The Bertz CT molecular complexity index is 668. The highest BCUT2D eigenvalue weighted by Gasteiger charge is 2.15. The van der Waals surface area contributed by atoms with Crippen LogP contribution in [0.25, 0.3) is 0 Å². The largest absolute Gasteiger partial charge is 0.381 e. The maximum Gasteiger partial charge on any atom is 0.257 e. The van der Waals surface area contributed by atoms with Crippen molar-refractivity contribution in [2.24, 2.45) is 0 Å². The molecule has 2 N–H and O–H groups in total. The van der Waals surface area contributed by atoms with E-state index in [2.05, 4.69) is 15.6 Å². The van der Waals surface area contributed by atoms with Crippen LogP contribution in [0.2, 0.25) is 0 Å². The Morgan fingerprint density at radius 3 is 2.73 bits per heavy atom. The van der Waals surface area contributed by atoms with Gasteiger partial charge >= 0.3 is 0 Å². The molecule has 0 saturated heterocycles. The lowest BCUT2D eigenvalue weighted by Crippen LogP contribution is -2.16. The van der Waals surface area contributed by atoms with Crippen LogP contribution in [-0.4, -0.2) is 16.9 Å². The SMILES string of the molecule is O=C(Nc1cccc(F)c1)c1cncc(NC2CCCC2)c1. The summed E-state index contributed by atoms with van der Waals surface area (Å²) in [6, 6.07) is 8.06. The zero-order chi connectivity index (χ0) is 15.4. The van der Waals surface area contributed by atoms with Gasteiger partial charge in [0.05, 0.1) is 11.3 Å². The number of benzene rings is 1. The van der Waals surface area contributed by atoms with Gasteiger partial charge in [0.1, 0.15) is 5.82 Å². The summed E-state index contributed by atoms with van der Waals surface area (Å²) in [6.07, 6.45) is 8.01. The lowest BCUT2D eigenvalue weighted by atomic mass is 10.2. The molecule has 1 aliphatic carbocycles. The van der Waals surface area contributed by atoms with Crippen LogP contribution in [0, 0.1) is 5.82 Å². The second-order valence-corrected chi connectivity index (χ2v) is 5.55. The first kappa shape index (κ1) is 14.5. The van der Waals surface area contributed by atoms with Crippen LogP contribution in [0.5, 0.6) is 0 Å². The average Bonchev–Trinajstić information content (AvgIpc) is 3.00. The topological polar surface area (TPSA) is 54.0 Å². The summed E-state index contributed by atoms with van der Waals surface area (Å²) in [5, 5.41) is 6.08. The predicted molar refractivity (Wildman–Crippen MR) is 84.5 cm³/mol. The Kier molecular flexibility index (Phi) is 4.32. The fourth-order valence-corrected chi connectivity index (χ4v) is 2.72. The van der Waals surface area contributed by atoms with Gasteiger partial charge in [-0.25, -0.2) is 4.39 Å². The monoisotopic (exact) mass is 299 g/mol. The molecule has 4 nitrogen and oxygen atoms in total. The van der Waals surface area contributed by atoms with Crippen LogP contribution in [0.15, 0.2) is 42.7 Å². The van der Waals surface area contributed by atoms with Gasteiger partial charge in [-0.15, -0.1) is 0 Å². The molecule has 3 rings (SSSR count). The first-order valence-electron chi connectivity index (χ1n) is 7.49. The van der Waals surface area contributed by atoms with Crippen molar-refractivity contribution in [3.63, 3.8) is 0 Å². The van der Waals surface area contributed by atoms with Crippen molar-refractivity contribution >= 4 is 17.3 Å². The van der Waals surface area contributed by atoms with E-state index < -0.39 is 0 Å². The van der Waals surface area contributed by atoms with Gasteiger partial charge in [-0.2, -0.15) is 0 Å². The Hall–Kier alpha value is -2.43. The zero-order valence-electron chi connectivity index (χ0n) is 12.2. The third-order valence-corrected chi connectivity index (χ3v) is 3.81. The Balaban J connectivity index is 1.69. The Morgan fingerprint density at radius 2 is 1.95 bits per heavy atom. The molecule has 1 aliphatic rings. The molecule has 2 aromatic rings. The lowest BCUT2D eigenvalue weighted by Gasteiger charge is -2.13. The zero-order valence-corrected chi connectivity index (χ0v) is 12.2. The van der Waals surface area contributed by atoms with E-state index in [1.807, 2.05) is 0 Å². The molecule has 5 heteroatoms. The standard InChI is InChI=1S/C17H18FN3O/c18-13-4-3-7-15(9-13)21-17(22)12-8-16(11-19-10-12)20-14-5-1-2-6-14/h3-4,7-11,14,20H,1-2,5-6H2,(H,21,22). The van der Waals surface area contributed by atoms with Gasteiger partial charge in [0.2, 0.25) is 0 Å². The molecule has 0 unspecified atom stereocenters. The molecule has 1 heterocycles. The molecule has 0 spiro atoms. The number of carbonyl (C=O) groups is 1. The van der Waals surface area contributed by atoms with Gasteiger partial charge in [-0.05, 0) is 37.1 Å². The first-order valence-corrected chi connectivity index (χ1v) is 7.49. The van der Waals surface area contributed by atoms with E-state index in [0.717, 1.165) is 18.5 Å². The number of hydrogen-bond donors (Lipinski definition) is 2. The van der Waals surface area contributed by atoms with Gasteiger partial charge in [0.15, 0.2) is 0 Å².